The van der Waals surface area contributed by atoms with Gasteiger partial charge in [0.2, 0.25) is 47.3 Å². The molecule has 39 heteroatoms. The number of nitrogens with one attached hydrogen (secondary N) is 12. The van der Waals surface area contributed by atoms with Gasteiger partial charge < -0.3 is 94.4 Å². The number of benzene rings is 1. The minimum absolute atomic E-state index is 0.0129. The number of Topliss-reactive ketones (excluding diaryl/α,β-unsaturated/α-hetero) is 1. The van der Waals surface area contributed by atoms with Gasteiger partial charge in [0.1, 0.15) is 24.2 Å². The minimum Gasteiger partial charge on any atom is -0.481 e. The number of nitrogens with two attached hydrogens (primary N) is 2. The molecular formula is C78H107N19O20. The lowest BCUT2D eigenvalue weighted by Gasteiger charge is -2.27. The number of aromatic nitrogens is 4. The van der Waals surface area contributed by atoms with Crippen molar-refractivity contribution in [1.82, 2.24) is 82.5 Å². The van der Waals surface area contributed by atoms with E-state index in [1.54, 1.807) is 50.2 Å². The van der Waals surface area contributed by atoms with Crippen molar-refractivity contribution >= 4 is 117 Å². The van der Waals surface area contributed by atoms with Gasteiger partial charge in [-0.25, -0.2) is 0 Å². The highest BCUT2D eigenvalue weighted by molar-refractivity contribution is 6.07. The van der Waals surface area contributed by atoms with E-state index in [2.05, 4.69) is 57.8 Å². The lowest BCUT2D eigenvalue weighted by molar-refractivity contribution is -0.141. The van der Waals surface area contributed by atoms with Crippen molar-refractivity contribution in [1.29, 1.82) is 5.41 Å². The number of carbonyl (C=O) groups excluding carboxylic acids is 11. The number of rotatable bonds is 40. The average Bonchev–Trinajstić information content (AvgIpc) is 1.60. The van der Waals surface area contributed by atoms with E-state index in [0.717, 1.165) is 0 Å². The van der Waals surface area contributed by atoms with E-state index >= 15 is 4.79 Å². The highest BCUT2D eigenvalue weighted by atomic mass is 16.5. The van der Waals surface area contributed by atoms with Crippen LogP contribution in [0, 0.1) is 19.3 Å². The zero-order valence-electron chi connectivity index (χ0n) is 66.6. The summed E-state index contributed by atoms with van der Waals surface area (Å²) in [6, 6.07) is 7.99. The lowest BCUT2D eigenvalue weighted by atomic mass is 9.85. The molecule has 0 aliphatic carbocycles. The zero-order valence-corrected chi connectivity index (χ0v) is 66.6. The number of unbranched alkanes of at least 4 members (excludes halogenated alkanes) is 1. The molecule has 3 aliphatic rings. The Morgan fingerprint density at radius 1 is 0.564 bits per heavy atom. The molecule has 20 N–H and O–H groups in total. The summed E-state index contributed by atoms with van der Waals surface area (Å²) in [5, 5.41) is 70.0. The third kappa shape index (κ3) is 27.5. The number of hydrogen-bond acceptors (Lipinski definition) is 22. The topological polar surface area (TPSA) is 597 Å². The maximum Gasteiger partial charge on any atom is 0.317 e. The van der Waals surface area contributed by atoms with E-state index in [1.807, 2.05) is 32.9 Å². The normalized spacial score (nSPS) is 18.5. The number of ketones is 1. The second-order valence-electron chi connectivity index (χ2n) is 29.3. The number of carboxylic acids is 4. The summed E-state index contributed by atoms with van der Waals surface area (Å²) >= 11 is 0. The minimum atomic E-state index is -1.71. The van der Waals surface area contributed by atoms with E-state index < -0.39 is 171 Å². The highest BCUT2D eigenvalue weighted by Crippen LogP contribution is 2.43. The van der Waals surface area contributed by atoms with Gasteiger partial charge in [-0.15, -0.1) is 0 Å². The number of hydrogen-bond donors (Lipinski definition) is 18. The fourth-order valence-electron chi connectivity index (χ4n) is 14.5. The maximum absolute atomic E-state index is 15.1. The molecule has 117 heavy (non-hydrogen) atoms. The molecule has 1 aromatic carbocycles. The van der Waals surface area contributed by atoms with Crippen LogP contribution in [0.3, 0.4) is 0 Å². The molecule has 0 unspecified atom stereocenters. The number of amides is 9. The van der Waals surface area contributed by atoms with Crippen molar-refractivity contribution in [2.75, 3.05) is 98.7 Å². The van der Waals surface area contributed by atoms with Gasteiger partial charge in [-0.1, -0.05) is 51.1 Å². The number of fused-ring (bicyclic) bond motifs is 8. The summed E-state index contributed by atoms with van der Waals surface area (Å²) < 4.78 is 5.33. The van der Waals surface area contributed by atoms with Crippen LogP contribution < -0.4 is 59.3 Å². The number of H-pyrrole nitrogens is 2. The molecule has 0 spiro atoms. The molecule has 634 valence electrons. The van der Waals surface area contributed by atoms with E-state index in [9.17, 15) is 87.5 Å². The van der Waals surface area contributed by atoms with Crippen molar-refractivity contribution in [3.63, 3.8) is 0 Å². The molecule has 4 aromatic rings. The Balaban J connectivity index is 1.19. The number of carboxylic acid groups (broad SMARTS) is 4. The molecular weight excluding hydrogens is 1520 g/mol. The van der Waals surface area contributed by atoms with Crippen LogP contribution in [0.2, 0.25) is 0 Å². The molecule has 7 rings (SSSR count). The van der Waals surface area contributed by atoms with Crippen molar-refractivity contribution in [2.24, 2.45) is 11.5 Å². The predicted molar refractivity (Wildman–Crippen MR) is 424 cm³/mol. The third-order valence-electron chi connectivity index (χ3n) is 20.6. The van der Waals surface area contributed by atoms with Crippen LogP contribution in [0.25, 0.3) is 22.1 Å². The first-order valence-electron chi connectivity index (χ1n) is 38.6. The van der Waals surface area contributed by atoms with Gasteiger partial charge in [0.05, 0.1) is 81.5 Å². The third-order valence-corrected chi connectivity index (χ3v) is 20.6. The highest BCUT2D eigenvalue weighted by Gasteiger charge is 2.38. The Morgan fingerprint density at radius 2 is 1.09 bits per heavy atom. The molecule has 9 amide bonds. The first-order valence-corrected chi connectivity index (χ1v) is 38.6. The number of methoxy groups -OCH3 is 1. The van der Waals surface area contributed by atoms with Gasteiger partial charge in [0.15, 0.2) is 11.7 Å². The molecule has 8 bridgehead atoms. The van der Waals surface area contributed by atoms with Gasteiger partial charge >= 0.3 is 29.8 Å². The van der Waals surface area contributed by atoms with Gasteiger partial charge in [0.25, 0.3) is 5.91 Å². The molecule has 39 nitrogen and oxygen atoms in total. The van der Waals surface area contributed by atoms with E-state index in [-0.39, 0.29) is 150 Å². The predicted octanol–water partition coefficient (Wildman–Crippen LogP) is -0.358. The molecule has 3 aromatic heterocycles. The van der Waals surface area contributed by atoms with E-state index in [0.29, 0.717) is 62.3 Å². The van der Waals surface area contributed by atoms with Crippen LogP contribution in [-0.2, 0) is 79.9 Å². The Kier molecular flexibility index (Phi) is 34.6. The standard InChI is InChI=1S/C78H107N19O20/c1-8-47-41(2)52-33-57-69(45(6)98)43(4)54(88-57)31-53-42(3)48(29-61(100)82-20-13-12-18-51-74(113)92-50(19-14-21-85-78(80)81)73(112)86-35-62(101)89-59(34-64(103)104)76(115)94-58(75(114)93-51)28-46-16-10-9-11-17-46)71(90-53)49(30-68(111)117-7)72-70(44(5)55(91-72)32-56(47)87-52)77(116)84-23-15-22-83-63(102)37-97(40-67(109)110)27-25-95(38-65(105)106)24-26-96(36-60(79)99)39-66(107)108/h9-11,16-17,31-33,41-42,47-48,50-51,58-59,88,91H,8,12-15,18-30,34-40H2,1-7H3,(H2,79,99)(H,82,100)(H,83,102)(H,84,116)(H,86,112)(H,89,101)(H,92,113)(H,93,114)(H,94,115)(H,103,104)(H,105,106)(H,107,108)(H,109,110)(H4,80,81,85)/t41-,42+,47-,48+,50+,51+,58-,59+/m1/s1. The van der Waals surface area contributed by atoms with Crippen molar-refractivity contribution in [2.45, 2.75) is 160 Å². The number of ether oxygens (including phenoxy) is 1. The van der Waals surface area contributed by atoms with Crippen LogP contribution in [0.5, 0.6) is 0 Å². The summed E-state index contributed by atoms with van der Waals surface area (Å²) in [6.07, 6.45) is -0.774. The fraction of sp³-hybridized carbons (Fsp3) is 0.513. The van der Waals surface area contributed by atoms with Crippen LogP contribution in [0.1, 0.15) is 175 Å². The van der Waals surface area contributed by atoms with Gasteiger partial charge in [-0.05, 0) is 101 Å². The fourth-order valence-corrected chi connectivity index (χ4v) is 14.5. The number of nitrogens with zero attached hydrogens (tertiary/aromatic N) is 5. The largest absolute Gasteiger partial charge is 0.481 e. The van der Waals surface area contributed by atoms with Crippen molar-refractivity contribution < 1.29 is 97.1 Å². The molecule has 6 heterocycles. The smallest absolute Gasteiger partial charge is 0.317 e. The van der Waals surface area contributed by atoms with Crippen LogP contribution in [0.4, 0.5) is 0 Å². The summed E-state index contributed by atoms with van der Waals surface area (Å²) in [5.41, 5.74) is 16.6. The number of esters is 1. The molecule has 8 atom stereocenters. The number of primary amides is 1. The van der Waals surface area contributed by atoms with Gasteiger partial charge in [-0.2, -0.15) is 0 Å². The number of aryl methyl sites for hydroxylation is 2. The number of carbonyl (C=O) groups is 15. The average molecular weight is 1630 g/mol. The number of aliphatic carboxylic acids is 4. The van der Waals surface area contributed by atoms with Gasteiger partial charge in [0, 0.05) is 128 Å². The number of aromatic amines is 2. The Bertz CT molecular complexity index is 4530. The molecule has 1 saturated heterocycles. The quantitative estimate of drug-likeness (QED) is 0.00889. The molecule has 3 aliphatic heterocycles. The lowest BCUT2D eigenvalue weighted by Crippen LogP contribution is -2.58. The van der Waals surface area contributed by atoms with Crippen LogP contribution in [0.15, 0.2) is 48.5 Å². The number of guanidine groups is 1. The summed E-state index contributed by atoms with van der Waals surface area (Å²) in [7, 11) is 1.19. The molecule has 0 radical (unpaired) electrons. The van der Waals surface area contributed by atoms with E-state index in [4.69, 9.17) is 31.6 Å². The van der Waals surface area contributed by atoms with Gasteiger partial charge in [-0.3, -0.25) is 102 Å². The molecule has 1 fully saturated rings. The van der Waals surface area contributed by atoms with E-state index in [1.165, 1.54) is 28.7 Å². The molecule has 0 saturated carbocycles. The first-order chi connectivity index (χ1) is 55.5. The Morgan fingerprint density at radius 3 is 1.72 bits per heavy atom. The first kappa shape index (κ1) is 91.9. The van der Waals surface area contributed by atoms with Crippen molar-refractivity contribution in [3.05, 3.63) is 105 Å². The van der Waals surface area contributed by atoms with Crippen molar-refractivity contribution in [3.8, 4) is 0 Å². The zero-order chi connectivity index (χ0) is 85.9. The summed E-state index contributed by atoms with van der Waals surface area (Å²) in [6.45, 7) is 7.21. The van der Waals surface area contributed by atoms with Crippen LogP contribution in [-0.4, -0.2) is 273 Å². The summed E-state index contributed by atoms with van der Waals surface area (Å²) in [4.78, 5) is 221. The monoisotopic (exact) mass is 1630 g/mol. The Hall–Kier alpha value is -12.3. The van der Waals surface area contributed by atoms with Crippen LogP contribution >= 0.6 is 0 Å². The second-order valence-corrected chi connectivity index (χ2v) is 29.3. The maximum atomic E-state index is 15.1. The Labute approximate surface area is 674 Å². The summed E-state index contributed by atoms with van der Waals surface area (Å²) in [5.74, 6) is -15.5. The second kappa shape index (κ2) is 44.0. The SMILES string of the molecule is CC[C@H]1c2cc3[nH]c(c(CC(=O)OC)c4nc(cc5[nH]c(cc(n2)[C@@H]1C)c(C(C)=O)c5C)[C@@H](C)[C@@H]4CC(=O)NCCCC[C@@H]1NC(=O)[C@@H](Cc2ccccc2)NC(=O)[C@H](CC(=O)O)NC(=O)CNC(=O)[C@H](CCCNC(=N)N)NC1=O)c(C(=O)NCCCNC(=O)CN(CCN(CCN(CC(N)=O)CC(=O)O)CC(=O)O)CC(=O)O)c3C.